The largest absolute Gasteiger partial charge is 0.485 e. The summed E-state index contributed by atoms with van der Waals surface area (Å²) in [6, 6.07) is 18.7. The average molecular weight is 727 g/mol. The third-order valence-electron chi connectivity index (χ3n) is 6.41. The fourth-order valence-electron chi connectivity index (χ4n) is 4.26. The highest BCUT2D eigenvalue weighted by molar-refractivity contribution is 7.87. The van der Waals surface area contributed by atoms with Crippen molar-refractivity contribution in [3.05, 3.63) is 89.0 Å². The van der Waals surface area contributed by atoms with Crippen molar-refractivity contribution in [2.75, 3.05) is 13.2 Å². The molecule has 0 fully saturated rings. The summed E-state index contributed by atoms with van der Waals surface area (Å²) in [7, 11) is -4.24. The third kappa shape index (κ3) is 14.2. The van der Waals surface area contributed by atoms with Gasteiger partial charge in [0.05, 0.1) is 13.0 Å². The third-order valence-corrected chi connectivity index (χ3v) is 7.64. The van der Waals surface area contributed by atoms with Gasteiger partial charge in [0.2, 0.25) is 5.91 Å². The normalized spacial score (nSPS) is 11.5. The molecule has 3 rings (SSSR count). The lowest BCUT2D eigenvalue weighted by Gasteiger charge is -2.21. The zero-order valence-corrected chi connectivity index (χ0v) is 30.9. The number of rotatable bonds is 12. The number of alkyl carbamates (subject to hydrolysis) is 2. The lowest BCUT2D eigenvalue weighted by molar-refractivity contribution is -0.120. The van der Waals surface area contributed by atoms with E-state index in [1.807, 2.05) is 30.3 Å². The average Bonchev–Trinajstić information content (AvgIpc) is 3.00. The van der Waals surface area contributed by atoms with Crippen molar-refractivity contribution in [1.29, 1.82) is 0 Å². The monoisotopic (exact) mass is 726 g/mol. The van der Waals surface area contributed by atoms with Gasteiger partial charge < -0.3 is 28.5 Å². The fraction of sp³-hybridized carbons (Fsp3) is 0.389. The molecule has 0 aliphatic carbocycles. The molecule has 0 radical (unpaired) electrons. The summed E-state index contributed by atoms with van der Waals surface area (Å²) >= 11 is 0. The van der Waals surface area contributed by atoms with E-state index in [0.29, 0.717) is 11.1 Å². The number of nitrogens with zero attached hydrogens (tertiary/aromatic N) is 1. The number of hydrogen-bond acceptors (Lipinski definition) is 11. The van der Waals surface area contributed by atoms with Gasteiger partial charge >= 0.3 is 22.3 Å². The number of hydrogen-bond donors (Lipinski definition) is 3. The van der Waals surface area contributed by atoms with Crippen LogP contribution >= 0.6 is 0 Å². The van der Waals surface area contributed by atoms with Gasteiger partial charge in [0.1, 0.15) is 29.3 Å². The Labute approximate surface area is 299 Å². The van der Waals surface area contributed by atoms with Crippen molar-refractivity contribution in [2.45, 2.75) is 84.5 Å². The Balaban J connectivity index is 1.74. The maximum absolute atomic E-state index is 13.2. The number of aryl methyl sites for hydroxylation is 2. The maximum Gasteiger partial charge on any atom is 0.414 e. The molecule has 0 aliphatic heterocycles. The van der Waals surface area contributed by atoms with Crippen LogP contribution in [0, 0.1) is 13.8 Å². The summed E-state index contributed by atoms with van der Waals surface area (Å²) in [4.78, 5) is 42.9. The molecule has 51 heavy (non-hydrogen) atoms. The second kappa shape index (κ2) is 17.6. The summed E-state index contributed by atoms with van der Waals surface area (Å²) in [5, 5.41) is 11.0. The topological polar surface area (TPSA) is 180 Å². The van der Waals surface area contributed by atoms with Crippen LogP contribution in [0.3, 0.4) is 0 Å². The molecule has 15 heteroatoms. The van der Waals surface area contributed by atoms with Crippen LogP contribution in [0.2, 0.25) is 0 Å². The first-order valence-electron chi connectivity index (χ1n) is 16.1. The molecule has 14 nitrogen and oxygen atoms in total. The molecule has 3 aromatic rings. The molecule has 3 aromatic carbocycles. The standard InChI is InChI=1S/C36H46N4O10S/c1-24-13-12-16-27(21-24)51(44,45)50-29-18-17-25(2)28(31(29)46-23-26-14-10-9-11-15-26)22-30(41)37-19-20-47-40-32(38-33(42)48-35(3,4)5)39-34(43)49-36(6,7)8/h9-18,21H,19-20,22-23H2,1-8H3,(H,37,41)(H2,38,39,40,42,43). The highest BCUT2D eigenvalue weighted by Gasteiger charge is 2.24. The summed E-state index contributed by atoms with van der Waals surface area (Å²) in [5.74, 6) is -0.788. The molecule has 3 N–H and O–H groups in total. The maximum atomic E-state index is 13.2. The number of carbonyl (C=O) groups excluding carboxylic acids is 3. The zero-order valence-electron chi connectivity index (χ0n) is 30.1. The summed E-state index contributed by atoms with van der Waals surface area (Å²) < 4.78 is 48.6. The minimum absolute atomic E-state index is 0.0222. The minimum atomic E-state index is -4.24. The molecule has 276 valence electrons. The van der Waals surface area contributed by atoms with Crippen molar-refractivity contribution in [3.8, 4) is 11.5 Å². The van der Waals surface area contributed by atoms with E-state index in [1.165, 1.54) is 18.2 Å². The molecule has 0 bridgehead atoms. The summed E-state index contributed by atoms with van der Waals surface area (Å²) in [6.45, 7) is 13.5. The van der Waals surface area contributed by atoms with Crippen LogP contribution < -0.4 is 24.9 Å². The van der Waals surface area contributed by atoms with Crippen LogP contribution in [0.1, 0.15) is 63.8 Å². The van der Waals surface area contributed by atoms with Crippen molar-refractivity contribution in [1.82, 2.24) is 16.0 Å². The van der Waals surface area contributed by atoms with Gasteiger partial charge in [0, 0.05) is 5.56 Å². The lowest BCUT2D eigenvalue weighted by atomic mass is 10.0. The lowest BCUT2D eigenvalue weighted by Crippen LogP contribution is -2.47. The SMILES string of the molecule is Cc1cccc(S(=O)(=O)Oc2ccc(C)c(CC(=O)NCCON=C(NC(=O)OC(C)(C)C)NC(=O)OC(C)(C)C)c2OCc2ccccc2)c1. The van der Waals surface area contributed by atoms with Crippen LogP contribution in [0.5, 0.6) is 11.5 Å². The second-order valence-corrected chi connectivity index (χ2v) is 14.9. The Hall–Kier alpha value is -5.31. The Morgan fingerprint density at radius 1 is 0.804 bits per heavy atom. The fourth-order valence-corrected chi connectivity index (χ4v) is 5.30. The van der Waals surface area contributed by atoms with Gasteiger partial charge in [0.25, 0.3) is 5.96 Å². The van der Waals surface area contributed by atoms with Crippen LogP contribution in [0.25, 0.3) is 0 Å². The number of guanidine groups is 1. The number of amides is 3. The zero-order chi connectivity index (χ0) is 37.8. The van der Waals surface area contributed by atoms with E-state index < -0.39 is 45.4 Å². The number of benzene rings is 3. The molecule has 0 spiro atoms. The van der Waals surface area contributed by atoms with Crippen LogP contribution in [0.4, 0.5) is 9.59 Å². The molecule has 0 aliphatic rings. The minimum Gasteiger partial charge on any atom is -0.485 e. The quantitative estimate of drug-likeness (QED) is 0.0695. The molecule has 0 unspecified atom stereocenters. The van der Waals surface area contributed by atoms with Crippen molar-refractivity contribution in [2.24, 2.45) is 5.16 Å². The van der Waals surface area contributed by atoms with Gasteiger partial charge in [-0.25, -0.2) is 9.59 Å². The van der Waals surface area contributed by atoms with Gasteiger partial charge in [-0.3, -0.25) is 15.4 Å². The number of ether oxygens (including phenoxy) is 3. The highest BCUT2D eigenvalue weighted by atomic mass is 32.2. The molecular formula is C36H46N4O10S. The Bertz CT molecular complexity index is 1780. The van der Waals surface area contributed by atoms with Gasteiger partial charge in [-0.15, -0.1) is 0 Å². The molecule has 0 atom stereocenters. The van der Waals surface area contributed by atoms with E-state index >= 15 is 0 Å². The van der Waals surface area contributed by atoms with Gasteiger partial charge in [-0.2, -0.15) is 8.42 Å². The summed E-state index contributed by atoms with van der Waals surface area (Å²) in [6.07, 6.45) is -1.98. The molecule has 0 heterocycles. The van der Waals surface area contributed by atoms with E-state index in [1.54, 1.807) is 73.6 Å². The number of oxime groups is 1. The Morgan fingerprint density at radius 2 is 1.43 bits per heavy atom. The van der Waals surface area contributed by atoms with Crippen LogP contribution in [0.15, 0.2) is 76.8 Å². The van der Waals surface area contributed by atoms with E-state index in [2.05, 4.69) is 21.1 Å². The molecule has 0 aromatic heterocycles. The van der Waals surface area contributed by atoms with E-state index in [9.17, 15) is 22.8 Å². The highest BCUT2D eigenvalue weighted by Crippen LogP contribution is 2.37. The van der Waals surface area contributed by atoms with Gasteiger partial charge in [0.15, 0.2) is 11.5 Å². The number of carbonyl (C=O) groups is 3. The van der Waals surface area contributed by atoms with Crippen LogP contribution in [-0.4, -0.2) is 56.8 Å². The van der Waals surface area contributed by atoms with Crippen LogP contribution in [-0.2, 0) is 42.3 Å². The van der Waals surface area contributed by atoms with Gasteiger partial charge in [-0.1, -0.05) is 48.5 Å². The van der Waals surface area contributed by atoms with Crippen molar-refractivity contribution >= 4 is 34.2 Å². The van der Waals surface area contributed by atoms with E-state index in [-0.39, 0.29) is 42.6 Å². The molecule has 0 saturated heterocycles. The summed E-state index contributed by atoms with van der Waals surface area (Å²) in [5.41, 5.74) is 1.01. The Kier molecular flexibility index (Phi) is 13.8. The predicted octanol–water partition coefficient (Wildman–Crippen LogP) is 5.65. The predicted molar refractivity (Wildman–Crippen MR) is 190 cm³/mol. The second-order valence-electron chi connectivity index (χ2n) is 13.4. The van der Waals surface area contributed by atoms with Crippen molar-refractivity contribution in [3.63, 3.8) is 0 Å². The molecule has 0 saturated carbocycles. The first-order valence-corrected chi connectivity index (χ1v) is 17.5. The Morgan fingerprint density at radius 3 is 2.02 bits per heavy atom. The molecular weight excluding hydrogens is 680 g/mol. The first kappa shape index (κ1) is 40.1. The first-order chi connectivity index (χ1) is 23.8. The number of nitrogens with one attached hydrogen (secondary N) is 3. The van der Waals surface area contributed by atoms with E-state index in [0.717, 1.165) is 11.1 Å². The molecule has 3 amide bonds. The van der Waals surface area contributed by atoms with E-state index in [4.69, 9.17) is 23.2 Å². The van der Waals surface area contributed by atoms with Gasteiger partial charge in [-0.05, 0) is 95.4 Å². The van der Waals surface area contributed by atoms with Crippen molar-refractivity contribution < 1.29 is 46.0 Å². The smallest absolute Gasteiger partial charge is 0.414 e.